The van der Waals surface area contributed by atoms with Gasteiger partial charge in [0, 0.05) is 23.5 Å². The van der Waals surface area contributed by atoms with Crippen LogP contribution in [0, 0.1) is 19.8 Å². The van der Waals surface area contributed by atoms with Crippen LogP contribution in [-0.2, 0) is 22.6 Å². The number of nitrogens with one attached hydrogen (secondary N) is 1. The van der Waals surface area contributed by atoms with Crippen LogP contribution >= 0.6 is 0 Å². The van der Waals surface area contributed by atoms with Gasteiger partial charge in [-0.15, -0.1) is 0 Å². The molecular formula is C14H21N3O4. The Bertz CT molecular complexity index is 605. The molecule has 21 heavy (non-hydrogen) atoms. The van der Waals surface area contributed by atoms with Gasteiger partial charge in [0.05, 0.1) is 6.42 Å². The first-order valence-corrected chi connectivity index (χ1v) is 6.77. The summed E-state index contributed by atoms with van der Waals surface area (Å²) in [5.74, 6) is -0.983. The highest BCUT2D eigenvalue weighted by Crippen LogP contribution is 2.10. The van der Waals surface area contributed by atoms with Crippen molar-refractivity contribution in [3.05, 3.63) is 27.4 Å². The van der Waals surface area contributed by atoms with E-state index >= 15 is 0 Å². The van der Waals surface area contributed by atoms with E-state index < -0.39 is 11.7 Å². The third kappa shape index (κ3) is 4.70. The van der Waals surface area contributed by atoms with Crippen molar-refractivity contribution in [2.75, 3.05) is 6.54 Å². The monoisotopic (exact) mass is 295 g/mol. The number of carboxylic acids is 1. The third-order valence-corrected chi connectivity index (χ3v) is 3.11. The topological polar surface area (TPSA) is 101 Å². The van der Waals surface area contributed by atoms with Crippen molar-refractivity contribution in [1.29, 1.82) is 0 Å². The summed E-state index contributed by atoms with van der Waals surface area (Å²) in [6, 6.07) is 0. The van der Waals surface area contributed by atoms with Crippen molar-refractivity contribution >= 4 is 11.9 Å². The number of hydrogen-bond acceptors (Lipinski definition) is 4. The molecule has 0 unspecified atom stereocenters. The second kappa shape index (κ2) is 7.01. The predicted molar refractivity (Wildman–Crippen MR) is 77.2 cm³/mol. The molecule has 0 aliphatic heterocycles. The van der Waals surface area contributed by atoms with E-state index in [1.54, 1.807) is 13.8 Å². The lowest BCUT2D eigenvalue weighted by molar-refractivity contribution is -0.136. The molecule has 2 N–H and O–H groups in total. The molecule has 1 rings (SSSR count). The molecule has 0 radical (unpaired) electrons. The Labute approximate surface area is 123 Å². The van der Waals surface area contributed by atoms with Crippen LogP contribution in [0.2, 0.25) is 0 Å². The smallest absolute Gasteiger partial charge is 0.348 e. The van der Waals surface area contributed by atoms with Gasteiger partial charge in [-0.05, 0) is 19.8 Å². The van der Waals surface area contributed by atoms with Crippen molar-refractivity contribution < 1.29 is 14.7 Å². The van der Waals surface area contributed by atoms with Gasteiger partial charge in [-0.3, -0.25) is 14.2 Å². The number of amides is 1. The van der Waals surface area contributed by atoms with Crippen LogP contribution in [0.4, 0.5) is 0 Å². The minimum atomic E-state index is -1.00. The maximum Gasteiger partial charge on any atom is 0.348 e. The first-order valence-electron chi connectivity index (χ1n) is 6.77. The maximum absolute atomic E-state index is 11.9. The van der Waals surface area contributed by atoms with Gasteiger partial charge in [0.15, 0.2) is 0 Å². The molecular weight excluding hydrogens is 274 g/mol. The minimum Gasteiger partial charge on any atom is -0.481 e. The fourth-order valence-electron chi connectivity index (χ4n) is 1.95. The van der Waals surface area contributed by atoms with Gasteiger partial charge in [0.1, 0.15) is 6.54 Å². The number of carbonyl (C=O) groups excluding carboxylic acids is 1. The second-order valence-electron chi connectivity index (χ2n) is 5.40. The first-order chi connectivity index (χ1) is 9.72. The van der Waals surface area contributed by atoms with E-state index in [0.717, 1.165) is 0 Å². The lowest BCUT2D eigenvalue weighted by Crippen LogP contribution is -2.37. The van der Waals surface area contributed by atoms with Crippen LogP contribution < -0.4 is 11.0 Å². The number of aromatic nitrogens is 2. The van der Waals surface area contributed by atoms with E-state index in [1.165, 1.54) is 4.57 Å². The molecule has 0 atom stereocenters. The Morgan fingerprint density at radius 2 is 1.95 bits per heavy atom. The molecule has 0 spiro atoms. The van der Waals surface area contributed by atoms with E-state index in [1.807, 2.05) is 13.8 Å². The van der Waals surface area contributed by atoms with Crippen LogP contribution in [0.3, 0.4) is 0 Å². The van der Waals surface area contributed by atoms with Crippen LogP contribution in [0.25, 0.3) is 0 Å². The number of nitrogens with zero attached hydrogens (tertiary/aromatic N) is 2. The summed E-state index contributed by atoms with van der Waals surface area (Å²) < 4.78 is 1.21. The highest BCUT2D eigenvalue weighted by molar-refractivity contribution is 5.76. The Hall–Kier alpha value is -2.18. The van der Waals surface area contributed by atoms with Gasteiger partial charge in [0.25, 0.3) is 0 Å². The maximum atomic E-state index is 11.9. The van der Waals surface area contributed by atoms with Crippen molar-refractivity contribution in [3.63, 3.8) is 0 Å². The van der Waals surface area contributed by atoms with Gasteiger partial charge in [0.2, 0.25) is 5.91 Å². The molecule has 1 heterocycles. The van der Waals surface area contributed by atoms with Gasteiger partial charge in [-0.2, -0.15) is 4.98 Å². The van der Waals surface area contributed by atoms with Gasteiger partial charge < -0.3 is 10.4 Å². The lowest BCUT2D eigenvalue weighted by atomic mass is 10.1. The Balaban J connectivity index is 3.04. The van der Waals surface area contributed by atoms with Gasteiger partial charge >= 0.3 is 11.7 Å². The number of hydrogen-bond donors (Lipinski definition) is 2. The molecule has 0 saturated heterocycles. The van der Waals surface area contributed by atoms with Gasteiger partial charge in [-0.1, -0.05) is 13.8 Å². The molecule has 7 heteroatoms. The van der Waals surface area contributed by atoms with Crippen molar-refractivity contribution in [2.45, 2.75) is 40.7 Å². The predicted octanol–water partition coefficient (Wildman–Crippen LogP) is 0.259. The summed E-state index contributed by atoms with van der Waals surface area (Å²) in [7, 11) is 0. The minimum absolute atomic E-state index is 0.155. The average molecular weight is 295 g/mol. The van der Waals surface area contributed by atoms with Crippen LogP contribution in [0.5, 0.6) is 0 Å². The van der Waals surface area contributed by atoms with E-state index in [2.05, 4.69) is 10.3 Å². The molecule has 7 nitrogen and oxygen atoms in total. The SMILES string of the molecule is Cc1nc(=O)n(CC(=O)NCC(C)C)c(C)c1CC(=O)O. The summed E-state index contributed by atoms with van der Waals surface area (Å²) in [6.07, 6.45) is -0.224. The second-order valence-corrected chi connectivity index (χ2v) is 5.40. The number of aliphatic carboxylic acids is 1. The Morgan fingerprint density at radius 1 is 1.33 bits per heavy atom. The quantitative estimate of drug-likeness (QED) is 0.784. The molecule has 1 amide bonds. The molecule has 0 fully saturated rings. The van der Waals surface area contributed by atoms with Crippen molar-refractivity contribution in [2.24, 2.45) is 5.92 Å². The van der Waals surface area contributed by atoms with Crippen LogP contribution in [0.1, 0.15) is 30.8 Å². The molecule has 0 saturated carbocycles. The summed E-state index contributed by atoms with van der Waals surface area (Å²) in [5, 5.41) is 11.6. The molecule has 0 aromatic carbocycles. The summed E-state index contributed by atoms with van der Waals surface area (Å²) in [6.45, 7) is 7.53. The number of rotatable bonds is 6. The lowest BCUT2D eigenvalue weighted by Gasteiger charge is -2.15. The molecule has 116 valence electrons. The summed E-state index contributed by atoms with van der Waals surface area (Å²) in [4.78, 5) is 38.4. The number of carbonyl (C=O) groups is 2. The zero-order chi connectivity index (χ0) is 16.2. The summed E-state index contributed by atoms with van der Waals surface area (Å²) in [5.41, 5.74) is 0.783. The largest absolute Gasteiger partial charge is 0.481 e. The number of carboxylic acid groups (broad SMARTS) is 1. The molecule has 0 aliphatic rings. The molecule has 0 aliphatic carbocycles. The Kier molecular flexibility index (Phi) is 5.63. The fraction of sp³-hybridized carbons (Fsp3) is 0.571. The van der Waals surface area contributed by atoms with E-state index in [0.29, 0.717) is 29.4 Å². The zero-order valence-electron chi connectivity index (χ0n) is 12.8. The normalized spacial score (nSPS) is 10.7. The van der Waals surface area contributed by atoms with Crippen LogP contribution in [-0.4, -0.2) is 33.1 Å². The van der Waals surface area contributed by atoms with E-state index in [9.17, 15) is 14.4 Å². The van der Waals surface area contributed by atoms with Gasteiger partial charge in [-0.25, -0.2) is 4.79 Å². The molecule has 1 aromatic rings. The van der Waals surface area contributed by atoms with Crippen molar-refractivity contribution in [1.82, 2.24) is 14.9 Å². The highest BCUT2D eigenvalue weighted by atomic mass is 16.4. The number of aryl methyl sites for hydroxylation is 1. The summed E-state index contributed by atoms with van der Waals surface area (Å²) >= 11 is 0. The highest BCUT2D eigenvalue weighted by Gasteiger charge is 2.16. The fourth-order valence-corrected chi connectivity index (χ4v) is 1.95. The third-order valence-electron chi connectivity index (χ3n) is 3.11. The molecule has 0 bridgehead atoms. The average Bonchev–Trinajstić information content (AvgIpc) is 2.37. The first kappa shape index (κ1) is 16.9. The zero-order valence-corrected chi connectivity index (χ0v) is 12.8. The van der Waals surface area contributed by atoms with E-state index in [4.69, 9.17) is 5.11 Å². The molecule has 1 aromatic heterocycles. The van der Waals surface area contributed by atoms with E-state index in [-0.39, 0.29) is 18.9 Å². The van der Waals surface area contributed by atoms with Crippen LogP contribution in [0.15, 0.2) is 4.79 Å². The van der Waals surface area contributed by atoms with Crippen molar-refractivity contribution in [3.8, 4) is 0 Å². The standard InChI is InChI=1S/C14H21N3O4/c1-8(2)6-15-12(18)7-17-10(4)11(5-13(19)20)9(3)16-14(17)21/h8H,5-7H2,1-4H3,(H,15,18)(H,19,20). The Morgan fingerprint density at radius 3 is 2.48 bits per heavy atom.